The topological polar surface area (TPSA) is 91.4 Å². The summed E-state index contributed by atoms with van der Waals surface area (Å²) < 4.78 is 0. The fourth-order valence-electron chi connectivity index (χ4n) is 3.32. The number of aromatic nitrogens is 1. The number of carbonyl (C=O) groups is 3. The molecule has 9 heteroatoms. The molecule has 0 saturated carbocycles. The Hall–Kier alpha value is -2.58. The van der Waals surface area contributed by atoms with Crippen LogP contribution in [0.2, 0.25) is 5.02 Å². The highest BCUT2D eigenvalue weighted by Crippen LogP contribution is 2.34. The summed E-state index contributed by atoms with van der Waals surface area (Å²) in [4.78, 5) is 42.6. The molecule has 0 unspecified atom stereocenters. The van der Waals surface area contributed by atoms with Crippen LogP contribution in [0.3, 0.4) is 0 Å². The zero-order chi connectivity index (χ0) is 20.5. The van der Waals surface area contributed by atoms with Crippen LogP contribution in [-0.4, -0.2) is 28.4 Å². The summed E-state index contributed by atoms with van der Waals surface area (Å²) in [6, 6.07) is 9.12. The van der Waals surface area contributed by atoms with Crippen LogP contribution in [0, 0.1) is 5.92 Å². The van der Waals surface area contributed by atoms with Gasteiger partial charge in [0.25, 0.3) is 11.8 Å². The largest absolute Gasteiger partial charge is 0.329 e. The molecule has 1 atom stereocenters. The Kier molecular flexibility index (Phi) is 6.92. The predicted octanol–water partition coefficient (Wildman–Crippen LogP) is 3.96. The van der Waals surface area contributed by atoms with Crippen molar-refractivity contribution >= 4 is 54.3 Å². The van der Waals surface area contributed by atoms with E-state index in [9.17, 15) is 14.4 Å². The fraction of sp³-hybridized carbons (Fsp3) is 0.300. The minimum Gasteiger partial charge on any atom is -0.323 e. The summed E-state index contributed by atoms with van der Waals surface area (Å²) in [5, 5.41) is 5.62. The van der Waals surface area contributed by atoms with Crippen LogP contribution in [0.4, 0.5) is 16.2 Å². The van der Waals surface area contributed by atoms with E-state index in [1.165, 1.54) is 18.3 Å². The van der Waals surface area contributed by atoms with E-state index in [2.05, 4.69) is 15.6 Å². The first-order valence-corrected chi connectivity index (χ1v) is 9.28. The summed E-state index contributed by atoms with van der Waals surface area (Å²) in [5.74, 6) is -0.504. The number of rotatable bonds is 5. The maximum Gasteiger partial charge on any atom is 0.329 e. The highest BCUT2D eigenvalue weighted by molar-refractivity contribution is 7.59. The molecule has 29 heavy (non-hydrogen) atoms. The summed E-state index contributed by atoms with van der Waals surface area (Å²) >= 11 is 6.33. The van der Waals surface area contributed by atoms with E-state index < -0.39 is 11.6 Å². The molecule has 154 valence electrons. The van der Waals surface area contributed by atoms with Gasteiger partial charge in [-0.05, 0) is 49.6 Å². The van der Waals surface area contributed by atoms with Crippen molar-refractivity contribution in [3.05, 3.63) is 53.3 Å². The maximum atomic E-state index is 12.9. The minimum absolute atomic E-state index is 0. The van der Waals surface area contributed by atoms with Crippen LogP contribution < -0.4 is 15.5 Å². The predicted molar refractivity (Wildman–Crippen MR) is 118 cm³/mol. The Bertz CT molecular complexity index is 939. The molecule has 2 N–H and O–H groups in total. The van der Waals surface area contributed by atoms with Crippen molar-refractivity contribution in [3.8, 4) is 0 Å². The van der Waals surface area contributed by atoms with E-state index >= 15 is 0 Å². The van der Waals surface area contributed by atoms with Crippen molar-refractivity contribution in [1.82, 2.24) is 10.3 Å². The average molecular weight is 435 g/mol. The van der Waals surface area contributed by atoms with Gasteiger partial charge in [0.2, 0.25) is 0 Å². The molecule has 0 radical (unpaired) electrons. The molecular weight excluding hydrogens is 412 g/mol. The van der Waals surface area contributed by atoms with Crippen LogP contribution in [0.15, 0.2) is 42.6 Å². The van der Waals surface area contributed by atoms with Crippen molar-refractivity contribution in [2.45, 2.75) is 32.7 Å². The second kappa shape index (κ2) is 8.84. The number of halogens is 1. The number of carbonyl (C=O) groups excluding carboxylic acids is 3. The molecule has 0 spiro atoms. The first-order chi connectivity index (χ1) is 13.2. The van der Waals surface area contributed by atoms with Crippen molar-refractivity contribution in [2.75, 3.05) is 10.2 Å². The molecule has 1 aliphatic heterocycles. The number of amides is 4. The van der Waals surface area contributed by atoms with Crippen molar-refractivity contribution in [3.63, 3.8) is 0 Å². The standard InChI is InChI=1S/C20H21ClN4O3.H2S/c1-12(2)11-20(3)18(27)25(19(28)24-20)16-8-7-13(10-14(16)21)23-17(26)15-6-4-5-9-22-15;/h4-10,12H,11H2,1-3H3,(H,23,26)(H,24,28);1H2/t20-;/m0./s1. The lowest BCUT2D eigenvalue weighted by molar-refractivity contribution is -0.122. The van der Waals surface area contributed by atoms with E-state index in [4.69, 9.17) is 11.6 Å². The molecule has 1 aromatic heterocycles. The molecule has 0 bridgehead atoms. The Balaban J connectivity index is 0.00000300. The van der Waals surface area contributed by atoms with Crippen LogP contribution >= 0.6 is 25.1 Å². The monoisotopic (exact) mass is 434 g/mol. The van der Waals surface area contributed by atoms with Gasteiger partial charge in [-0.2, -0.15) is 13.5 Å². The number of imide groups is 1. The Morgan fingerprint density at radius 3 is 2.59 bits per heavy atom. The van der Waals surface area contributed by atoms with Crippen molar-refractivity contribution < 1.29 is 14.4 Å². The first kappa shape index (κ1) is 22.7. The Morgan fingerprint density at radius 1 is 1.28 bits per heavy atom. The number of hydrogen-bond donors (Lipinski definition) is 2. The third-order valence-corrected chi connectivity index (χ3v) is 4.72. The van der Waals surface area contributed by atoms with Gasteiger partial charge in [-0.25, -0.2) is 9.69 Å². The van der Waals surface area contributed by atoms with Gasteiger partial charge in [-0.15, -0.1) is 0 Å². The van der Waals surface area contributed by atoms with E-state index in [1.54, 1.807) is 31.2 Å². The first-order valence-electron chi connectivity index (χ1n) is 8.90. The Morgan fingerprint density at radius 2 is 2.00 bits per heavy atom. The lowest BCUT2D eigenvalue weighted by Gasteiger charge is -2.23. The highest BCUT2D eigenvalue weighted by atomic mass is 35.5. The molecule has 4 amide bonds. The van der Waals surface area contributed by atoms with Gasteiger partial charge in [-0.3, -0.25) is 14.6 Å². The van der Waals surface area contributed by atoms with Gasteiger partial charge >= 0.3 is 6.03 Å². The van der Waals surface area contributed by atoms with Crippen molar-refractivity contribution in [1.29, 1.82) is 0 Å². The molecule has 3 rings (SSSR count). The number of anilines is 2. The summed E-state index contributed by atoms with van der Waals surface area (Å²) in [5.41, 5.74) is -0.00407. The second-order valence-corrected chi connectivity index (χ2v) is 7.74. The van der Waals surface area contributed by atoms with E-state index in [-0.39, 0.29) is 47.6 Å². The smallest absolute Gasteiger partial charge is 0.323 e. The lowest BCUT2D eigenvalue weighted by Crippen LogP contribution is -2.45. The molecule has 1 aromatic carbocycles. The van der Waals surface area contributed by atoms with Gasteiger partial charge < -0.3 is 10.6 Å². The summed E-state index contributed by atoms with van der Waals surface area (Å²) in [6.45, 7) is 5.68. The van der Waals surface area contributed by atoms with Crippen LogP contribution in [-0.2, 0) is 4.79 Å². The fourth-order valence-corrected chi connectivity index (χ4v) is 3.58. The quantitative estimate of drug-likeness (QED) is 0.696. The normalized spacial score (nSPS) is 18.4. The highest BCUT2D eigenvalue weighted by Gasteiger charge is 2.49. The Labute approximate surface area is 181 Å². The lowest BCUT2D eigenvalue weighted by atomic mass is 9.91. The third kappa shape index (κ3) is 4.71. The van der Waals surface area contributed by atoms with E-state index in [0.717, 1.165) is 4.90 Å². The van der Waals surface area contributed by atoms with Crippen LogP contribution in [0.5, 0.6) is 0 Å². The van der Waals surface area contributed by atoms with Gasteiger partial charge in [0.1, 0.15) is 11.2 Å². The molecular formula is C20H23ClN4O3S. The SMILES string of the molecule is CC(C)C[C@]1(C)NC(=O)N(c2ccc(NC(=O)c3ccccn3)cc2Cl)C1=O.S. The molecule has 7 nitrogen and oxygen atoms in total. The number of nitrogens with one attached hydrogen (secondary N) is 2. The third-order valence-electron chi connectivity index (χ3n) is 4.42. The molecule has 0 aliphatic carbocycles. The number of pyridine rings is 1. The van der Waals surface area contributed by atoms with Crippen LogP contribution in [0.1, 0.15) is 37.7 Å². The van der Waals surface area contributed by atoms with Crippen LogP contribution in [0.25, 0.3) is 0 Å². The zero-order valence-corrected chi connectivity index (χ0v) is 18.1. The minimum atomic E-state index is -0.972. The average Bonchev–Trinajstić information content (AvgIpc) is 2.84. The number of hydrogen-bond acceptors (Lipinski definition) is 4. The van der Waals surface area contributed by atoms with E-state index in [0.29, 0.717) is 12.1 Å². The van der Waals surface area contributed by atoms with Crippen molar-refractivity contribution in [2.24, 2.45) is 5.92 Å². The number of urea groups is 1. The summed E-state index contributed by atoms with van der Waals surface area (Å²) in [6.07, 6.45) is 2.04. The zero-order valence-electron chi connectivity index (χ0n) is 16.3. The molecule has 1 aliphatic rings. The van der Waals surface area contributed by atoms with Gasteiger partial charge in [-0.1, -0.05) is 31.5 Å². The summed E-state index contributed by atoms with van der Waals surface area (Å²) in [7, 11) is 0. The van der Waals surface area contributed by atoms with Gasteiger partial charge in [0.15, 0.2) is 0 Å². The van der Waals surface area contributed by atoms with Gasteiger partial charge in [0, 0.05) is 11.9 Å². The van der Waals surface area contributed by atoms with Gasteiger partial charge in [0.05, 0.1) is 10.7 Å². The molecule has 2 heterocycles. The molecule has 1 fully saturated rings. The molecule has 2 aromatic rings. The number of benzene rings is 1. The van der Waals surface area contributed by atoms with E-state index in [1.807, 2.05) is 13.8 Å². The molecule has 1 saturated heterocycles. The number of nitrogens with zero attached hydrogens (tertiary/aromatic N) is 2. The second-order valence-electron chi connectivity index (χ2n) is 7.34. The maximum absolute atomic E-state index is 12.9.